The molecule has 0 spiro atoms. The highest BCUT2D eigenvalue weighted by Crippen LogP contribution is 2.32. The standard InChI is InChI=1S/C19H16FN5O3S/c1-10(18-24-11(2)28-25-18)23-19-15-7-13(12-3-5-14(20)6-4-12)8-16(29(26)27)17(15)21-9-22-19/h3-10H,1-2H3,(H,26,27)(H,21,22,23)/p-1/t10-/m1/s1. The van der Waals surface area contributed by atoms with Gasteiger partial charge in [-0.05, 0) is 53.4 Å². The van der Waals surface area contributed by atoms with Gasteiger partial charge in [0.05, 0.1) is 16.5 Å². The molecule has 0 aliphatic carbocycles. The number of aromatic nitrogens is 4. The molecule has 148 valence electrons. The van der Waals surface area contributed by atoms with Crippen LogP contribution in [0.2, 0.25) is 0 Å². The van der Waals surface area contributed by atoms with E-state index in [1.54, 1.807) is 25.1 Å². The topological polar surface area (TPSA) is 117 Å². The van der Waals surface area contributed by atoms with E-state index in [-0.39, 0.29) is 22.3 Å². The van der Waals surface area contributed by atoms with Crippen molar-refractivity contribution in [1.29, 1.82) is 0 Å². The van der Waals surface area contributed by atoms with Crippen molar-refractivity contribution in [3.63, 3.8) is 0 Å². The van der Waals surface area contributed by atoms with Crippen molar-refractivity contribution in [3.05, 3.63) is 60.3 Å². The van der Waals surface area contributed by atoms with Gasteiger partial charge in [-0.3, -0.25) is 4.21 Å². The summed E-state index contributed by atoms with van der Waals surface area (Å²) in [5, 5.41) is 7.56. The first-order valence-corrected chi connectivity index (χ1v) is 9.70. The summed E-state index contributed by atoms with van der Waals surface area (Å²) >= 11 is -2.53. The molecule has 0 bridgehead atoms. The third-order valence-electron chi connectivity index (χ3n) is 4.34. The molecule has 1 N–H and O–H groups in total. The van der Waals surface area contributed by atoms with E-state index in [1.165, 1.54) is 24.5 Å². The lowest BCUT2D eigenvalue weighted by molar-refractivity contribution is 0.385. The van der Waals surface area contributed by atoms with Gasteiger partial charge in [0.15, 0.2) is 5.82 Å². The van der Waals surface area contributed by atoms with Crippen LogP contribution < -0.4 is 5.32 Å². The normalized spacial score (nSPS) is 13.4. The molecule has 0 fully saturated rings. The summed E-state index contributed by atoms with van der Waals surface area (Å²) < 4.78 is 42.0. The number of hydrogen-bond acceptors (Lipinski definition) is 8. The quantitative estimate of drug-likeness (QED) is 0.495. The van der Waals surface area contributed by atoms with E-state index in [4.69, 9.17) is 4.52 Å². The second-order valence-corrected chi connectivity index (χ2v) is 7.28. The molecule has 4 aromatic rings. The fourth-order valence-corrected chi connectivity index (χ4v) is 3.49. The molecular formula is C19H15FN5O3S-. The molecule has 0 radical (unpaired) electrons. The van der Waals surface area contributed by atoms with Gasteiger partial charge in [-0.25, -0.2) is 14.4 Å². The molecule has 4 rings (SSSR count). The maximum absolute atomic E-state index is 13.3. The molecule has 0 amide bonds. The Morgan fingerprint density at radius 1 is 1.17 bits per heavy atom. The Bertz CT molecular complexity index is 1210. The predicted molar refractivity (Wildman–Crippen MR) is 103 cm³/mol. The van der Waals surface area contributed by atoms with Crippen LogP contribution in [0.15, 0.2) is 52.1 Å². The van der Waals surface area contributed by atoms with Crippen LogP contribution in [0.4, 0.5) is 10.2 Å². The van der Waals surface area contributed by atoms with Gasteiger partial charge in [-0.2, -0.15) is 4.98 Å². The van der Waals surface area contributed by atoms with Gasteiger partial charge >= 0.3 is 0 Å². The summed E-state index contributed by atoms with van der Waals surface area (Å²) in [6.07, 6.45) is 1.28. The molecule has 1 unspecified atom stereocenters. The number of hydrogen-bond donors (Lipinski definition) is 1. The zero-order chi connectivity index (χ0) is 20.5. The van der Waals surface area contributed by atoms with Gasteiger partial charge in [0, 0.05) is 12.3 Å². The van der Waals surface area contributed by atoms with Crippen molar-refractivity contribution in [2.24, 2.45) is 0 Å². The summed E-state index contributed by atoms with van der Waals surface area (Å²) in [7, 11) is 0. The van der Waals surface area contributed by atoms with Crippen molar-refractivity contribution >= 4 is 27.8 Å². The lowest BCUT2D eigenvalue weighted by Crippen LogP contribution is -2.10. The first-order valence-electron chi connectivity index (χ1n) is 8.63. The number of halogens is 1. The second kappa shape index (κ2) is 7.64. The van der Waals surface area contributed by atoms with Crippen LogP contribution in [0.5, 0.6) is 0 Å². The molecule has 2 aromatic carbocycles. The predicted octanol–water partition coefficient (Wildman–Crippen LogP) is 3.54. The van der Waals surface area contributed by atoms with Gasteiger partial charge in [-0.1, -0.05) is 17.3 Å². The Morgan fingerprint density at radius 2 is 1.93 bits per heavy atom. The molecule has 0 saturated carbocycles. The van der Waals surface area contributed by atoms with Crippen LogP contribution in [0, 0.1) is 12.7 Å². The van der Waals surface area contributed by atoms with E-state index in [0.717, 1.165) is 0 Å². The zero-order valence-electron chi connectivity index (χ0n) is 15.4. The lowest BCUT2D eigenvalue weighted by Gasteiger charge is -2.16. The van der Waals surface area contributed by atoms with Gasteiger partial charge in [0.2, 0.25) is 5.89 Å². The largest absolute Gasteiger partial charge is 0.768 e. The van der Waals surface area contributed by atoms with Crippen LogP contribution >= 0.6 is 0 Å². The summed E-state index contributed by atoms with van der Waals surface area (Å²) in [4.78, 5) is 12.6. The molecule has 10 heteroatoms. The molecule has 0 saturated heterocycles. The Hall–Kier alpha value is -3.24. The monoisotopic (exact) mass is 412 g/mol. The fraction of sp³-hybridized carbons (Fsp3) is 0.158. The highest BCUT2D eigenvalue weighted by atomic mass is 32.2. The van der Waals surface area contributed by atoms with Gasteiger partial charge in [-0.15, -0.1) is 0 Å². The highest BCUT2D eigenvalue weighted by Gasteiger charge is 2.17. The minimum Gasteiger partial charge on any atom is -0.768 e. The number of nitrogens with one attached hydrogen (secondary N) is 1. The van der Waals surface area contributed by atoms with Crippen LogP contribution in [0.25, 0.3) is 22.0 Å². The number of fused-ring (bicyclic) bond motifs is 1. The third kappa shape index (κ3) is 3.84. The molecule has 2 heterocycles. The average Bonchev–Trinajstić information content (AvgIpc) is 3.14. The molecule has 29 heavy (non-hydrogen) atoms. The van der Waals surface area contributed by atoms with E-state index >= 15 is 0 Å². The van der Waals surface area contributed by atoms with Crippen LogP contribution in [-0.2, 0) is 11.1 Å². The third-order valence-corrected chi connectivity index (χ3v) is 5.01. The molecular weight excluding hydrogens is 397 g/mol. The van der Waals surface area contributed by atoms with E-state index in [0.29, 0.717) is 34.0 Å². The Labute approximate surface area is 167 Å². The summed E-state index contributed by atoms with van der Waals surface area (Å²) in [6.45, 7) is 3.52. The van der Waals surface area contributed by atoms with Crippen molar-refractivity contribution in [3.8, 4) is 11.1 Å². The van der Waals surface area contributed by atoms with Crippen molar-refractivity contribution in [2.45, 2.75) is 24.8 Å². The molecule has 2 atom stereocenters. The van der Waals surface area contributed by atoms with Gasteiger partial charge < -0.3 is 14.4 Å². The summed E-state index contributed by atoms with van der Waals surface area (Å²) in [5.41, 5.74) is 1.53. The highest BCUT2D eigenvalue weighted by molar-refractivity contribution is 7.79. The molecule has 0 aliphatic rings. The van der Waals surface area contributed by atoms with E-state index in [1.807, 2.05) is 6.92 Å². The molecule has 8 nitrogen and oxygen atoms in total. The second-order valence-electron chi connectivity index (χ2n) is 6.37. The zero-order valence-corrected chi connectivity index (χ0v) is 16.2. The number of benzene rings is 2. The summed E-state index contributed by atoms with van der Waals surface area (Å²) in [6, 6.07) is 8.70. The smallest absolute Gasteiger partial charge is 0.223 e. The lowest BCUT2D eigenvalue weighted by atomic mass is 10.0. The Morgan fingerprint density at radius 3 is 2.59 bits per heavy atom. The molecule has 0 aliphatic heterocycles. The Balaban J connectivity index is 1.84. The Kier molecular flexibility index (Phi) is 5.03. The molecule has 2 aromatic heterocycles. The maximum Gasteiger partial charge on any atom is 0.223 e. The number of rotatable bonds is 5. The number of anilines is 1. The van der Waals surface area contributed by atoms with E-state index < -0.39 is 11.1 Å². The van der Waals surface area contributed by atoms with E-state index in [2.05, 4.69) is 25.4 Å². The van der Waals surface area contributed by atoms with E-state index in [9.17, 15) is 13.2 Å². The first-order chi connectivity index (χ1) is 13.9. The van der Waals surface area contributed by atoms with Crippen LogP contribution in [-0.4, -0.2) is 28.9 Å². The van der Waals surface area contributed by atoms with Gasteiger partial charge in [0.1, 0.15) is 18.0 Å². The minimum atomic E-state index is -2.53. The first kappa shape index (κ1) is 19.1. The van der Waals surface area contributed by atoms with Gasteiger partial charge in [0.25, 0.3) is 0 Å². The van der Waals surface area contributed by atoms with Crippen molar-refractivity contribution < 1.29 is 17.7 Å². The SMILES string of the molecule is Cc1nc([C@@H](C)Nc2ncnc3c(S(=O)[O-])cc(-c4ccc(F)cc4)cc23)no1. The summed E-state index contributed by atoms with van der Waals surface area (Å²) in [5.74, 6) is 0.915. The average molecular weight is 412 g/mol. The number of nitrogens with zero attached hydrogens (tertiary/aromatic N) is 4. The minimum absolute atomic E-state index is 0.0235. The fourth-order valence-electron chi connectivity index (χ4n) is 2.95. The van der Waals surface area contributed by atoms with Crippen molar-refractivity contribution in [1.82, 2.24) is 20.1 Å². The van der Waals surface area contributed by atoms with Crippen LogP contribution in [0.3, 0.4) is 0 Å². The van der Waals surface area contributed by atoms with Crippen molar-refractivity contribution in [2.75, 3.05) is 5.32 Å². The number of aryl methyl sites for hydroxylation is 1. The van der Waals surface area contributed by atoms with Crippen LogP contribution in [0.1, 0.15) is 24.7 Å². The maximum atomic E-state index is 13.3.